The van der Waals surface area contributed by atoms with Crippen molar-refractivity contribution in [3.8, 4) is 5.88 Å². The molecule has 3 aliphatic rings. The second kappa shape index (κ2) is 10.9. The van der Waals surface area contributed by atoms with E-state index in [2.05, 4.69) is 15.3 Å². The number of likely N-dealkylation sites (tertiary alicyclic amines) is 1. The highest BCUT2D eigenvalue weighted by Gasteiger charge is 2.54. The Balaban J connectivity index is 1.19. The van der Waals surface area contributed by atoms with E-state index >= 15 is 0 Å². The van der Waals surface area contributed by atoms with Crippen LogP contribution in [0.3, 0.4) is 0 Å². The minimum atomic E-state index is -0.719. The van der Waals surface area contributed by atoms with Gasteiger partial charge in [-0.25, -0.2) is 9.37 Å². The maximum absolute atomic E-state index is 14.2. The molecule has 0 radical (unpaired) electrons. The van der Waals surface area contributed by atoms with Gasteiger partial charge < -0.3 is 30.8 Å². The molecule has 2 aromatic rings. The summed E-state index contributed by atoms with van der Waals surface area (Å²) in [4.78, 5) is 36.1. The largest absolute Gasteiger partial charge is 0.481 e. The lowest BCUT2D eigenvalue weighted by atomic mass is 9.88. The molecule has 39 heavy (non-hydrogen) atoms. The van der Waals surface area contributed by atoms with Gasteiger partial charge in [-0.05, 0) is 43.4 Å². The Morgan fingerprint density at radius 2 is 2.10 bits per heavy atom. The smallest absolute Gasteiger partial charge is 0.270 e. The number of carbonyl (C=O) groups excluding carboxylic acids is 2. The Hall–Kier alpha value is -3.57. The van der Waals surface area contributed by atoms with Gasteiger partial charge in [-0.1, -0.05) is 11.6 Å². The first-order chi connectivity index (χ1) is 18.7. The van der Waals surface area contributed by atoms with Crippen LogP contribution in [0.4, 0.5) is 4.39 Å². The fourth-order valence-electron chi connectivity index (χ4n) is 5.12. The number of pyridine rings is 2. The third kappa shape index (κ3) is 5.60. The van der Waals surface area contributed by atoms with Crippen LogP contribution in [0.1, 0.15) is 48.4 Å². The normalized spacial score (nSPS) is 20.3. The zero-order chi connectivity index (χ0) is 27.7. The molecule has 3 fully saturated rings. The molecule has 2 aliphatic heterocycles. The number of piperidine rings is 1. The topological polar surface area (TPSA) is 144 Å². The second-order valence-corrected chi connectivity index (χ2v) is 10.6. The van der Waals surface area contributed by atoms with Crippen LogP contribution in [-0.4, -0.2) is 64.8 Å². The Morgan fingerprint density at radius 1 is 1.33 bits per heavy atom. The van der Waals surface area contributed by atoms with Gasteiger partial charge in [0.05, 0.1) is 55.2 Å². The van der Waals surface area contributed by atoms with Crippen LogP contribution in [0.15, 0.2) is 36.3 Å². The minimum Gasteiger partial charge on any atom is -0.481 e. The summed E-state index contributed by atoms with van der Waals surface area (Å²) < 4.78 is 24.4. The summed E-state index contributed by atoms with van der Waals surface area (Å²) >= 11 is 6.40. The first-order valence-corrected chi connectivity index (χ1v) is 13.2. The number of nitrogens with zero attached hydrogens (tertiary/aromatic N) is 3. The summed E-state index contributed by atoms with van der Waals surface area (Å²) in [6.07, 6.45) is 6.41. The fourth-order valence-corrected chi connectivity index (χ4v) is 5.36. The maximum Gasteiger partial charge on any atom is 0.270 e. The second-order valence-electron chi connectivity index (χ2n) is 10.2. The Morgan fingerprint density at radius 3 is 2.74 bits per heavy atom. The molecular formula is C27H30ClFN6O4. The Labute approximate surface area is 230 Å². The van der Waals surface area contributed by atoms with Crippen LogP contribution in [0.25, 0.3) is 0 Å². The van der Waals surface area contributed by atoms with E-state index in [-0.39, 0.29) is 41.2 Å². The number of hydrogen-bond acceptors (Lipinski definition) is 8. The molecule has 2 amide bonds. The highest BCUT2D eigenvalue weighted by molar-refractivity contribution is 6.31. The predicted molar refractivity (Wildman–Crippen MR) is 141 cm³/mol. The standard InChI is InChI=1S/C27H30ClFN6O4/c1-38-24-7-18(20(29)11-33-24)21(30)8-22(31)26(37)35-5-2-15(9-27(35)3-4-27)25(36)34-12-23-19(28)6-16(10-32-23)17-13-39-14-17/h6-8,10-11,15,17,30H,2-5,9,12-14,31H2,1H3,(H,34,36)/t15-/m0/s1. The van der Waals surface area contributed by atoms with E-state index < -0.39 is 17.3 Å². The number of allylic oxidation sites excluding steroid dienone is 1. The summed E-state index contributed by atoms with van der Waals surface area (Å²) in [6.45, 7) is 1.91. The van der Waals surface area contributed by atoms with Crippen LogP contribution < -0.4 is 15.8 Å². The molecule has 1 saturated carbocycles. The average molecular weight is 557 g/mol. The van der Waals surface area contributed by atoms with E-state index in [0.29, 0.717) is 49.2 Å². The number of nitrogens with two attached hydrogens (primary N) is 1. The van der Waals surface area contributed by atoms with Crippen molar-refractivity contribution in [2.24, 2.45) is 11.7 Å². The number of amides is 2. The molecule has 4 heterocycles. The highest BCUT2D eigenvalue weighted by Crippen LogP contribution is 2.50. The number of hydrogen-bond donors (Lipinski definition) is 3. The lowest BCUT2D eigenvalue weighted by Gasteiger charge is -2.39. The van der Waals surface area contributed by atoms with E-state index in [1.54, 1.807) is 11.1 Å². The molecule has 2 saturated heterocycles. The van der Waals surface area contributed by atoms with Crippen molar-refractivity contribution in [1.29, 1.82) is 5.41 Å². The molecule has 1 spiro atoms. The van der Waals surface area contributed by atoms with Gasteiger partial charge in [0.1, 0.15) is 0 Å². The summed E-state index contributed by atoms with van der Waals surface area (Å²) in [5, 5.41) is 11.7. The van der Waals surface area contributed by atoms with E-state index in [1.165, 1.54) is 13.2 Å². The molecular weight excluding hydrogens is 527 g/mol. The van der Waals surface area contributed by atoms with E-state index in [4.69, 9.17) is 32.2 Å². The maximum atomic E-state index is 14.2. The third-order valence-electron chi connectivity index (χ3n) is 7.70. The van der Waals surface area contributed by atoms with Gasteiger partial charge >= 0.3 is 0 Å². The SMILES string of the molecule is COc1cc(C(=N)C=C(N)C(=O)N2CC[C@H](C(=O)NCc3ncc(C4COC4)cc3Cl)CC23CC3)c(F)cn1. The van der Waals surface area contributed by atoms with Gasteiger partial charge in [0.25, 0.3) is 5.91 Å². The number of nitrogens with one attached hydrogen (secondary N) is 2. The quantitative estimate of drug-likeness (QED) is 0.335. The van der Waals surface area contributed by atoms with Crippen molar-refractivity contribution in [2.45, 2.75) is 43.7 Å². The lowest BCUT2D eigenvalue weighted by molar-refractivity contribution is -0.137. The number of halogens is 2. The van der Waals surface area contributed by atoms with Crippen molar-refractivity contribution in [2.75, 3.05) is 26.9 Å². The number of methoxy groups -OCH3 is 1. The van der Waals surface area contributed by atoms with Crippen LogP contribution in [0, 0.1) is 17.1 Å². The molecule has 0 aromatic carbocycles. The van der Waals surface area contributed by atoms with E-state index in [1.807, 2.05) is 6.07 Å². The van der Waals surface area contributed by atoms with Gasteiger partial charge in [-0.2, -0.15) is 0 Å². The highest BCUT2D eigenvalue weighted by atomic mass is 35.5. The first kappa shape index (κ1) is 27.0. The van der Waals surface area contributed by atoms with Crippen molar-refractivity contribution < 1.29 is 23.5 Å². The summed E-state index contributed by atoms with van der Waals surface area (Å²) in [7, 11) is 1.38. The molecule has 0 bridgehead atoms. The van der Waals surface area contributed by atoms with E-state index in [0.717, 1.165) is 30.7 Å². The molecule has 10 nitrogen and oxygen atoms in total. The molecule has 206 valence electrons. The molecule has 4 N–H and O–H groups in total. The molecule has 1 atom stereocenters. The van der Waals surface area contributed by atoms with Gasteiger partial charge in [-0.3, -0.25) is 14.6 Å². The Kier molecular flexibility index (Phi) is 7.55. The summed E-state index contributed by atoms with van der Waals surface area (Å²) in [5.74, 6) is -1.05. The average Bonchev–Trinajstić information content (AvgIpc) is 3.65. The van der Waals surface area contributed by atoms with Gasteiger partial charge in [0.15, 0.2) is 5.82 Å². The van der Waals surface area contributed by atoms with Crippen LogP contribution in [-0.2, 0) is 20.9 Å². The van der Waals surface area contributed by atoms with Crippen molar-refractivity contribution in [3.63, 3.8) is 0 Å². The van der Waals surface area contributed by atoms with Gasteiger partial charge in [0, 0.05) is 41.7 Å². The van der Waals surface area contributed by atoms with Crippen molar-refractivity contribution >= 4 is 29.1 Å². The fraction of sp³-hybridized carbons (Fsp3) is 0.444. The molecule has 2 aromatic heterocycles. The number of carbonyl (C=O) groups is 2. The van der Waals surface area contributed by atoms with Crippen molar-refractivity contribution in [1.82, 2.24) is 20.2 Å². The Bertz CT molecular complexity index is 1340. The minimum absolute atomic E-state index is 0.0737. The first-order valence-electron chi connectivity index (χ1n) is 12.8. The van der Waals surface area contributed by atoms with Crippen LogP contribution in [0.5, 0.6) is 5.88 Å². The van der Waals surface area contributed by atoms with Crippen LogP contribution in [0.2, 0.25) is 5.02 Å². The number of aromatic nitrogens is 2. The molecule has 5 rings (SSSR count). The summed E-state index contributed by atoms with van der Waals surface area (Å²) in [5.41, 5.74) is 6.76. The summed E-state index contributed by atoms with van der Waals surface area (Å²) in [6, 6.07) is 3.16. The monoisotopic (exact) mass is 556 g/mol. The van der Waals surface area contributed by atoms with Gasteiger partial charge in [0.2, 0.25) is 11.8 Å². The lowest BCUT2D eigenvalue weighted by Crippen LogP contribution is -2.51. The third-order valence-corrected chi connectivity index (χ3v) is 8.02. The number of ether oxygens (including phenoxy) is 2. The molecule has 1 aliphatic carbocycles. The number of rotatable bonds is 8. The van der Waals surface area contributed by atoms with E-state index in [9.17, 15) is 14.0 Å². The van der Waals surface area contributed by atoms with Crippen molar-refractivity contribution in [3.05, 3.63) is 64.0 Å². The zero-order valence-corrected chi connectivity index (χ0v) is 22.3. The van der Waals surface area contributed by atoms with Crippen LogP contribution >= 0.6 is 11.6 Å². The molecule has 0 unspecified atom stereocenters. The molecule has 12 heteroatoms. The predicted octanol–water partition coefficient (Wildman–Crippen LogP) is 2.69. The zero-order valence-electron chi connectivity index (χ0n) is 21.5. The van der Waals surface area contributed by atoms with Gasteiger partial charge in [-0.15, -0.1) is 0 Å².